The third-order valence-electron chi connectivity index (χ3n) is 3.01. The lowest BCUT2D eigenvalue weighted by Gasteiger charge is -2.32. The minimum Gasteiger partial charge on any atom is -0.399 e. The van der Waals surface area contributed by atoms with Crippen LogP contribution in [0.4, 0.5) is 17.1 Å². The zero-order chi connectivity index (χ0) is 10.8. The first-order chi connectivity index (χ1) is 7.16. The van der Waals surface area contributed by atoms with Gasteiger partial charge in [-0.25, -0.2) is 0 Å². The Morgan fingerprint density at radius 2 is 1.87 bits per heavy atom. The Morgan fingerprint density at radius 3 is 2.53 bits per heavy atom. The molecule has 0 radical (unpaired) electrons. The SMILES string of the molecule is C[NH+]1CCN(c2cc(N)ccc2N)CC1. The zero-order valence-electron chi connectivity index (χ0n) is 9.16. The lowest BCUT2D eigenvalue weighted by atomic mass is 10.2. The molecule has 15 heavy (non-hydrogen) atoms. The van der Waals surface area contributed by atoms with Crippen molar-refractivity contribution in [2.45, 2.75) is 0 Å². The van der Waals surface area contributed by atoms with Crippen molar-refractivity contribution in [3.8, 4) is 0 Å². The van der Waals surface area contributed by atoms with Crippen molar-refractivity contribution in [1.29, 1.82) is 0 Å². The topological polar surface area (TPSA) is 59.7 Å². The van der Waals surface area contributed by atoms with Gasteiger partial charge in [0.15, 0.2) is 0 Å². The van der Waals surface area contributed by atoms with E-state index in [-0.39, 0.29) is 0 Å². The van der Waals surface area contributed by atoms with Crippen molar-refractivity contribution >= 4 is 17.1 Å². The van der Waals surface area contributed by atoms with Gasteiger partial charge in [0.1, 0.15) is 0 Å². The molecule has 1 aromatic rings. The van der Waals surface area contributed by atoms with Crippen molar-refractivity contribution in [1.82, 2.24) is 0 Å². The van der Waals surface area contributed by atoms with Gasteiger partial charge in [0.25, 0.3) is 0 Å². The number of anilines is 3. The van der Waals surface area contributed by atoms with Crippen LogP contribution in [0, 0.1) is 0 Å². The number of benzene rings is 1. The minimum atomic E-state index is 0.783. The van der Waals surface area contributed by atoms with Gasteiger partial charge >= 0.3 is 0 Å². The maximum atomic E-state index is 5.95. The number of hydrogen-bond donors (Lipinski definition) is 3. The number of nitrogens with one attached hydrogen (secondary N) is 1. The van der Waals surface area contributed by atoms with E-state index in [1.54, 1.807) is 4.90 Å². The van der Waals surface area contributed by atoms with Crippen LogP contribution in [0.1, 0.15) is 0 Å². The van der Waals surface area contributed by atoms with Crippen LogP contribution in [0.15, 0.2) is 18.2 Å². The third-order valence-corrected chi connectivity index (χ3v) is 3.01. The molecule has 0 bridgehead atoms. The van der Waals surface area contributed by atoms with Crippen LogP contribution in [0.25, 0.3) is 0 Å². The Bertz CT molecular complexity index is 342. The fourth-order valence-electron chi connectivity index (χ4n) is 1.96. The fraction of sp³-hybridized carbons (Fsp3) is 0.455. The second-order valence-electron chi connectivity index (χ2n) is 4.26. The van der Waals surface area contributed by atoms with Crippen LogP contribution < -0.4 is 21.3 Å². The van der Waals surface area contributed by atoms with E-state index in [4.69, 9.17) is 11.5 Å². The molecule has 0 aliphatic carbocycles. The molecule has 0 aromatic heterocycles. The molecular weight excluding hydrogens is 188 g/mol. The summed E-state index contributed by atoms with van der Waals surface area (Å²) < 4.78 is 0. The Kier molecular flexibility index (Phi) is 2.68. The van der Waals surface area contributed by atoms with Crippen LogP contribution in [-0.2, 0) is 0 Å². The Morgan fingerprint density at radius 1 is 1.20 bits per heavy atom. The molecule has 0 saturated carbocycles. The first-order valence-corrected chi connectivity index (χ1v) is 5.38. The van der Waals surface area contributed by atoms with E-state index in [0.29, 0.717) is 0 Å². The predicted octanol–water partition coefficient (Wildman–Crippen LogP) is -0.814. The maximum absolute atomic E-state index is 5.95. The Balaban J connectivity index is 2.18. The standard InChI is InChI=1S/C11H18N4/c1-14-4-6-15(7-5-14)11-8-9(12)2-3-10(11)13/h2-3,8H,4-7,12-13H2,1H3/p+1. The first kappa shape index (κ1) is 10.1. The van der Waals surface area contributed by atoms with E-state index in [2.05, 4.69) is 11.9 Å². The van der Waals surface area contributed by atoms with Gasteiger partial charge in [-0.3, -0.25) is 0 Å². The number of quaternary nitrogens is 1. The molecule has 1 fully saturated rings. The van der Waals surface area contributed by atoms with E-state index in [9.17, 15) is 0 Å². The summed E-state index contributed by atoms with van der Waals surface area (Å²) in [4.78, 5) is 3.90. The van der Waals surface area contributed by atoms with Crippen molar-refractivity contribution in [3.63, 3.8) is 0 Å². The van der Waals surface area contributed by atoms with Crippen molar-refractivity contribution < 1.29 is 4.90 Å². The molecule has 5 N–H and O–H groups in total. The monoisotopic (exact) mass is 207 g/mol. The molecule has 1 heterocycles. The average Bonchev–Trinajstić information content (AvgIpc) is 2.23. The van der Waals surface area contributed by atoms with Gasteiger partial charge in [-0.1, -0.05) is 0 Å². The summed E-state index contributed by atoms with van der Waals surface area (Å²) in [5, 5.41) is 0. The third kappa shape index (κ3) is 2.15. The van der Waals surface area contributed by atoms with E-state index in [1.165, 1.54) is 0 Å². The Labute approximate surface area is 90.4 Å². The zero-order valence-corrected chi connectivity index (χ0v) is 9.16. The highest BCUT2D eigenvalue weighted by molar-refractivity contribution is 5.72. The molecule has 2 rings (SSSR count). The molecule has 4 heteroatoms. The van der Waals surface area contributed by atoms with Gasteiger partial charge in [0, 0.05) is 5.69 Å². The molecule has 82 valence electrons. The molecule has 1 aliphatic rings. The lowest BCUT2D eigenvalue weighted by Crippen LogP contribution is -3.12. The summed E-state index contributed by atoms with van der Waals surface area (Å²) >= 11 is 0. The molecule has 0 unspecified atom stereocenters. The van der Waals surface area contributed by atoms with Gasteiger partial charge < -0.3 is 21.3 Å². The number of nitrogens with two attached hydrogens (primary N) is 2. The van der Waals surface area contributed by atoms with Crippen molar-refractivity contribution in [3.05, 3.63) is 18.2 Å². The number of nitrogen functional groups attached to an aromatic ring is 2. The minimum absolute atomic E-state index is 0.783. The first-order valence-electron chi connectivity index (χ1n) is 5.38. The van der Waals surface area contributed by atoms with Crippen LogP contribution in [0.2, 0.25) is 0 Å². The van der Waals surface area contributed by atoms with E-state index < -0.39 is 0 Å². The summed E-state index contributed by atoms with van der Waals surface area (Å²) in [5.41, 5.74) is 14.4. The molecule has 1 aromatic carbocycles. The van der Waals surface area contributed by atoms with Crippen LogP contribution in [0.5, 0.6) is 0 Å². The summed E-state index contributed by atoms with van der Waals surface area (Å²) in [6, 6.07) is 5.70. The summed E-state index contributed by atoms with van der Waals surface area (Å²) in [6.07, 6.45) is 0. The van der Waals surface area contributed by atoms with Crippen LogP contribution >= 0.6 is 0 Å². The molecule has 0 spiro atoms. The molecular formula is C11H19N4+. The summed E-state index contributed by atoms with van der Waals surface area (Å²) in [5.74, 6) is 0. The number of piperazine rings is 1. The fourth-order valence-corrected chi connectivity index (χ4v) is 1.96. The number of hydrogen-bond acceptors (Lipinski definition) is 3. The van der Waals surface area contributed by atoms with Crippen LogP contribution in [0.3, 0.4) is 0 Å². The summed E-state index contributed by atoms with van der Waals surface area (Å²) in [7, 11) is 2.22. The summed E-state index contributed by atoms with van der Waals surface area (Å²) in [6.45, 7) is 4.43. The molecule has 1 saturated heterocycles. The normalized spacial score (nSPS) is 18.1. The maximum Gasteiger partial charge on any atom is 0.0947 e. The van der Waals surface area contributed by atoms with Gasteiger partial charge in [-0.15, -0.1) is 0 Å². The average molecular weight is 207 g/mol. The highest BCUT2D eigenvalue weighted by Crippen LogP contribution is 2.25. The molecule has 0 amide bonds. The number of nitrogens with zero attached hydrogens (tertiary/aromatic N) is 1. The lowest BCUT2D eigenvalue weighted by molar-refractivity contribution is -0.880. The van der Waals surface area contributed by atoms with Gasteiger partial charge in [-0.2, -0.15) is 0 Å². The highest BCUT2D eigenvalue weighted by atomic mass is 15.2. The number of likely N-dealkylation sites (N-methyl/N-ethyl adjacent to an activating group) is 1. The van der Waals surface area contributed by atoms with Gasteiger partial charge in [0.05, 0.1) is 44.6 Å². The molecule has 0 atom stereocenters. The number of rotatable bonds is 1. The van der Waals surface area contributed by atoms with Crippen molar-refractivity contribution in [2.75, 3.05) is 49.6 Å². The highest BCUT2D eigenvalue weighted by Gasteiger charge is 2.18. The smallest absolute Gasteiger partial charge is 0.0947 e. The molecule has 4 nitrogen and oxygen atoms in total. The Hall–Kier alpha value is -1.42. The molecule has 1 aliphatic heterocycles. The van der Waals surface area contributed by atoms with Crippen LogP contribution in [-0.4, -0.2) is 33.2 Å². The van der Waals surface area contributed by atoms with E-state index >= 15 is 0 Å². The van der Waals surface area contributed by atoms with E-state index in [0.717, 1.165) is 43.2 Å². The quantitative estimate of drug-likeness (QED) is 0.528. The van der Waals surface area contributed by atoms with Crippen molar-refractivity contribution in [2.24, 2.45) is 0 Å². The second kappa shape index (κ2) is 3.98. The van der Waals surface area contributed by atoms with Gasteiger partial charge in [0.2, 0.25) is 0 Å². The largest absolute Gasteiger partial charge is 0.399 e. The second-order valence-corrected chi connectivity index (χ2v) is 4.26. The van der Waals surface area contributed by atoms with E-state index in [1.807, 2.05) is 18.2 Å². The predicted molar refractivity (Wildman–Crippen MR) is 64.1 cm³/mol. The van der Waals surface area contributed by atoms with Gasteiger partial charge in [-0.05, 0) is 18.2 Å².